The molecule has 1 aromatic rings. The third-order valence-corrected chi connectivity index (χ3v) is 3.74. The van der Waals surface area contributed by atoms with Crippen molar-refractivity contribution in [2.75, 3.05) is 14.1 Å². The number of rotatable bonds is 2. The summed E-state index contributed by atoms with van der Waals surface area (Å²) >= 11 is 0. The van der Waals surface area contributed by atoms with E-state index in [9.17, 15) is 0 Å². The maximum Gasteiger partial charge on any atom is 0.124 e. The Morgan fingerprint density at radius 1 is 1.13 bits per heavy atom. The van der Waals surface area contributed by atoms with Gasteiger partial charge in [0.25, 0.3) is 0 Å². The molecule has 2 nitrogen and oxygen atoms in total. The first-order valence-corrected chi connectivity index (χ1v) is 5.89. The molecule has 0 bridgehead atoms. The number of furan rings is 1. The molecule has 2 rings (SSSR count). The highest BCUT2D eigenvalue weighted by Crippen LogP contribution is 2.41. The van der Waals surface area contributed by atoms with Crippen molar-refractivity contribution in [3.05, 3.63) is 23.7 Å². The highest BCUT2D eigenvalue weighted by molar-refractivity contribution is 5.16. The van der Waals surface area contributed by atoms with Crippen LogP contribution in [0, 0.1) is 6.92 Å². The lowest BCUT2D eigenvalue weighted by atomic mass is 9.79. The fraction of sp³-hybridized carbons (Fsp3) is 0.692. The molecule has 15 heavy (non-hydrogen) atoms. The van der Waals surface area contributed by atoms with Crippen molar-refractivity contribution < 1.29 is 4.42 Å². The van der Waals surface area contributed by atoms with Crippen LogP contribution in [0.4, 0.5) is 0 Å². The van der Waals surface area contributed by atoms with Crippen LogP contribution in [0.1, 0.15) is 43.6 Å². The van der Waals surface area contributed by atoms with E-state index >= 15 is 0 Å². The molecule has 0 unspecified atom stereocenters. The van der Waals surface area contributed by atoms with Gasteiger partial charge in [0, 0.05) is 0 Å². The van der Waals surface area contributed by atoms with E-state index in [2.05, 4.69) is 31.1 Å². The molecule has 1 fully saturated rings. The van der Waals surface area contributed by atoms with Crippen molar-refractivity contribution in [1.29, 1.82) is 0 Å². The van der Waals surface area contributed by atoms with E-state index in [0.717, 1.165) is 11.5 Å². The average molecular weight is 207 g/mol. The summed E-state index contributed by atoms with van der Waals surface area (Å²) in [5, 5.41) is 0. The molecule has 0 spiro atoms. The Balaban J connectivity index is 2.33. The molecule has 1 aliphatic rings. The lowest BCUT2D eigenvalue weighted by molar-refractivity contribution is 0.0733. The SMILES string of the molecule is Cc1ccc(C2(N(C)C)CCCCC2)o1. The van der Waals surface area contributed by atoms with Crippen molar-refractivity contribution in [2.45, 2.75) is 44.6 Å². The molecule has 0 saturated heterocycles. The summed E-state index contributed by atoms with van der Waals surface area (Å²) in [6, 6.07) is 4.23. The zero-order valence-corrected chi connectivity index (χ0v) is 10.0. The molecule has 0 aromatic carbocycles. The molecular formula is C13H21NO. The minimum absolute atomic E-state index is 0.159. The topological polar surface area (TPSA) is 16.4 Å². The third kappa shape index (κ3) is 1.83. The number of nitrogens with zero attached hydrogens (tertiary/aromatic N) is 1. The van der Waals surface area contributed by atoms with Gasteiger partial charge >= 0.3 is 0 Å². The second-order valence-corrected chi connectivity index (χ2v) is 4.90. The zero-order chi connectivity index (χ0) is 10.9. The smallest absolute Gasteiger partial charge is 0.124 e. The van der Waals surface area contributed by atoms with Crippen molar-refractivity contribution in [3.63, 3.8) is 0 Å². The fourth-order valence-corrected chi connectivity index (χ4v) is 2.74. The minimum Gasteiger partial charge on any atom is -0.464 e. The third-order valence-electron chi connectivity index (χ3n) is 3.74. The van der Waals surface area contributed by atoms with Crippen LogP contribution in [-0.2, 0) is 5.54 Å². The van der Waals surface area contributed by atoms with Gasteiger partial charge in [-0.15, -0.1) is 0 Å². The van der Waals surface area contributed by atoms with Crippen LogP contribution >= 0.6 is 0 Å². The molecule has 1 aliphatic carbocycles. The van der Waals surface area contributed by atoms with Crippen molar-refractivity contribution in [3.8, 4) is 0 Å². The summed E-state index contributed by atoms with van der Waals surface area (Å²) < 4.78 is 5.85. The van der Waals surface area contributed by atoms with Gasteiger partial charge in [-0.3, -0.25) is 4.90 Å². The van der Waals surface area contributed by atoms with E-state index in [1.54, 1.807) is 0 Å². The summed E-state index contributed by atoms with van der Waals surface area (Å²) in [4.78, 5) is 2.34. The number of aryl methyl sites for hydroxylation is 1. The Hall–Kier alpha value is -0.760. The quantitative estimate of drug-likeness (QED) is 0.739. The first-order valence-electron chi connectivity index (χ1n) is 5.89. The lowest BCUT2D eigenvalue weighted by Crippen LogP contribution is -2.42. The molecule has 84 valence electrons. The molecule has 0 atom stereocenters. The fourth-order valence-electron chi connectivity index (χ4n) is 2.74. The molecule has 0 radical (unpaired) electrons. The molecule has 1 heterocycles. The van der Waals surface area contributed by atoms with Gasteiger partial charge in [0.05, 0.1) is 5.54 Å². The van der Waals surface area contributed by atoms with E-state index in [1.807, 2.05) is 6.92 Å². The van der Waals surface area contributed by atoms with E-state index in [1.165, 1.54) is 32.1 Å². The summed E-state index contributed by atoms with van der Waals surface area (Å²) in [6.07, 6.45) is 6.46. The van der Waals surface area contributed by atoms with E-state index in [4.69, 9.17) is 4.42 Å². The minimum atomic E-state index is 0.159. The molecule has 2 heteroatoms. The van der Waals surface area contributed by atoms with Crippen LogP contribution in [0.25, 0.3) is 0 Å². The molecular weight excluding hydrogens is 186 g/mol. The van der Waals surface area contributed by atoms with Crippen LogP contribution < -0.4 is 0 Å². The largest absolute Gasteiger partial charge is 0.464 e. The first-order chi connectivity index (χ1) is 7.15. The Morgan fingerprint density at radius 3 is 2.27 bits per heavy atom. The lowest BCUT2D eigenvalue weighted by Gasteiger charge is -2.41. The van der Waals surface area contributed by atoms with Crippen LogP contribution in [0.3, 0.4) is 0 Å². The average Bonchev–Trinajstić information content (AvgIpc) is 2.66. The van der Waals surface area contributed by atoms with Crippen molar-refractivity contribution in [2.24, 2.45) is 0 Å². The summed E-state index contributed by atoms with van der Waals surface area (Å²) in [5.74, 6) is 2.18. The summed E-state index contributed by atoms with van der Waals surface area (Å²) in [6.45, 7) is 2.02. The second-order valence-electron chi connectivity index (χ2n) is 4.90. The van der Waals surface area contributed by atoms with Gasteiger partial charge in [-0.1, -0.05) is 19.3 Å². The van der Waals surface area contributed by atoms with Crippen molar-refractivity contribution in [1.82, 2.24) is 4.90 Å². The van der Waals surface area contributed by atoms with Gasteiger partial charge in [0.15, 0.2) is 0 Å². The second kappa shape index (κ2) is 4.01. The highest BCUT2D eigenvalue weighted by Gasteiger charge is 2.38. The van der Waals surface area contributed by atoms with Crippen LogP contribution in [0.2, 0.25) is 0 Å². The monoisotopic (exact) mass is 207 g/mol. The van der Waals surface area contributed by atoms with Gasteiger partial charge in [0.2, 0.25) is 0 Å². The van der Waals surface area contributed by atoms with E-state index in [-0.39, 0.29) is 5.54 Å². The highest BCUT2D eigenvalue weighted by atomic mass is 16.3. The number of hydrogen-bond acceptors (Lipinski definition) is 2. The van der Waals surface area contributed by atoms with Crippen LogP contribution in [-0.4, -0.2) is 19.0 Å². The standard InChI is InChI=1S/C13H21NO/c1-11-7-8-12(15-11)13(14(2)3)9-5-4-6-10-13/h7-8H,4-6,9-10H2,1-3H3. The van der Waals surface area contributed by atoms with Gasteiger partial charge in [-0.25, -0.2) is 0 Å². The predicted molar refractivity (Wildman–Crippen MR) is 61.9 cm³/mol. The Kier molecular flexibility index (Phi) is 2.87. The Bertz CT molecular complexity index is 321. The van der Waals surface area contributed by atoms with Gasteiger partial charge in [0.1, 0.15) is 11.5 Å². The predicted octanol–water partition coefficient (Wildman–Crippen LogP) is 3.31. The maximum absolute atomic E-state index is 5.85. The van der Waals surface area contributed by atoms with Gasteiger partial charge in [-0.05, 0) is 46.0 Å². The van der Waals surface area contributed by atoms with E-state index < -0.39 is 0 Å². The molecule has 0 aliphatic heterocycles. The maximum atomic E-state index is 5.85. The molecule has 0 N–H and O–H groups in total. The van der Waals surface area contributed by atoms with Crippen LogP contribution in [0.5, 0.6) is 0 Å². The Morgan fingerprint density at radius 2 is 1.80 bits per heavy atom. The Labute approximate surface area is 92.3 Å². The number of hydrogen-bond donors (Lipinski definition) is 0. The van der Waals surface area contributed by atoms with Crippen molar-refractivity contribution >= 4 is 0 Å². The van der Waals surface area contributed by atoms with Gasteiger partial charge < -0.3 is 4.42 Å². The van der Waals surface area contributed by atoms with Crippen LogP contribution in [0.15, 0.2) is 16.5 Å². The normalized spacial score (nSPS) is 20.8. The molecule has 1 aromatic heterocycles. The summed E-state index contributed by atoms with van der Waals surface area (Å²) in [5.41, 5.74) is 0.159. The first kappa shape index (κ1) is 10.7. The molecule has 1 saturated carbocycles. The van der Waals surface area contributed by atoms with E-state index in [0.29, 0.717) is 0 Å². The molecule has 0 amide bonds. The zero-order valence-electron chi connectivity index (χ0n) is 10.0. The summed E-state index contributed by atoms with van der Waals surface area (Å²) in [7, 11) is 4.34. The van der Waals surface area contributed by atoms with Gasteiger partial charge in [-0.2, -0.15) is 0 Å².